The van der Waals surface area contributed by atoms with Crippen LogP contribution in [0.3, 0.4) is 0 Å². The Bertz CT molecular complexity index is 1200. The molecule has 1 atom stereocenters. The van der Waals surface area contributed by atoms with Crippen LogP contribution in [0.4, 0.5) is 23.4 Å². The number of hydrogen-bond acceptors (Lipinski definition) is 6. The molecule has 33 heavy (non-hydrogen) atoms. The van der Waals surface area contributed by atoms with E-state index in [0.29, 0.717) is 17.7 Å². The molecule has 4 rings (SSSR count). The SMILES string of the molecule is COc1cc(C(N)=O)c2ncnc(N[C@H](CN3CCC3)c3ccc(F)c(C(F)(F)F)c3)c2c1. The third-order valence-electron chi connectivity index (χ3n) is 5.61. The van der Waals surface area contributed by atoms with Crippen LogP contribution in [0.25, 0.3) is 10.9 Å². The molecule has 0 spiro atoms. The van der Waals surface area contributed by atoms with Crippen molar-refractivity contribution in [2.24, 2.45) is 5.73 Å². The average Bonchev–Trinajstić information content (AvgIpc) is 2.74. The molecule has 0 aliphatic carbocycles. The average molecular weight is 463 g/mol. The second-order valence-electron chi connectivity index (χ2n) is 7.75. The molecule has 0 saturated carbocycles. The van der Waals surface area contributed by atoms with E-state index in [1.807, 2.05) is 0 Å². The van der Waals surface area contributed by atoms with Crippen LogP contribution in [-0.4, -0.2) is 47.5 Å². The number of hydrogen-bond donors (Lipinski definition) is 2. The lowest BCUT2D eigenvalue weighted by atomic mass is 10.0. The number of carbonyl (C=O) groups excluding carboxylic acids is 1. The van der Waals surface area contributed by atoms with Gasteiger partial charge in [0.1, 0.15) is 23.7 Å². The molecular formula is C22H21F4N5O2. The van der Waals surface area contributed by atoms with Crippen LogP contribution in [0.15, 0.2) is 36.7 Å². The number of carbonyl (C=O) groups is 1. The number of primary amides is 1. The molecular weight excluding hydrogens is 442 g/mol. The van der Waals surface area contributed by atoms with Crippen molar-refractivity contribution >= 4 is 22.6 Å². The van der Waals surface area contributed by atoms with Crippen LogP contribution < -0.4 is 15.8 Å². The van der Waals surface area contributed by atoms with Crippen molar-refractivity contribution in [3.05, 3.63) is 59.2 Å². The Morgan fingerprint density at radius 3 is 2.61 bits per heavy atom. The summed E-state index contributed by atoms with van der Waals surface area (Å²) in [5.41, 5.74) is 4.80. The molecule has 3 N–H and O–H groups in total. The maximum absolute atomic E-state index is 13.9. The highest BCUT2D eigenvalue weighted by Crippen LogP contribution is 2.35. The van der Waals surface area contributed by atoms with Gasteiger partial charge in [0.25, 0.3) is 5.91 Å². The summed E-state index contributed by atoms with van der Waals surface area (Å²) in [6, 6.07) is 5.36. The number of amides is 1. The van der Waals surface area contributed by atoms with Gasteiger partial charge in [-0.15, -0.1) is 0 Å². The number of benzene rings is 2. The van der Waals surface area contributed by atoms with Gasteiger partial charge in [-0.25, -0.2) is 14.4 Å². The molecule has 1 amide bonds. The summed E-state index contributed by atoms with van der Waals surface area (Å²) in [6.45, 7) is 1.98. The maximum Gasteiger partial charge on any atom is 0.419 e. The van der Waals surface area contributed by atoms with Crippen LogP contribution in [0, 0.1) is 5.82 Å². The van der Waals surface area contributed by atoms with E-state index in [1.165, 1.54) is 25.6 Å². The molecule has 1 saturated heterocycles. The van der Waals surface area contributed by atoms with Crippen LogP contribution in [0.5, 0.6) is 5.75 Å². The first-order valence-corrected chi connectivity index (χ1v) is 10.2. The molecule has 1 aliphatic rings. The number of likely N-dealkylation sites (tertiary alicyclic amines) is 1. The summed E-state index contributed by atoms with van der Waals surface area (Å²) < 4.78 is 59.1. The number of nitrogens with one attached hydrogen (secondary N) is 1. The highest BCUT2D eigenvalue weighted by molar-refractivity contribution is 6.07. The summed E-state index contributed by atoms with van der Waals surface area (Å²) >= 11 is 0. The number of ether oxygens (including phenoxy) is 1. The van der Waals surface area contributed by atoms with Crippen LogP contribution in [0.1, 0.15) is 33.9 Å². The van der Waals surface area contributed by atoms with Crippen LogP contribution in [-0.2, 0) is 6.18 Å². The molecule has 2 aromatic carbocycles. The Morgan fingerprint density at radius 1 is 1.24 bits per heavy atom. The van der Waals surface area contributed by atoms with Gasteiger partial charge in [0.2, 0.25) is 0 Å². The summed E-state index contributed by atoms with van der Waals surface area (Å²) in [5.74, 6) is -1.43. The van der Waals surface area contributed by atoms with Gasteiger partial charge in [0.15, 0.2) is 0 Å². The fraction of sp³-hybridized carbons (Fsp3) is 0.318. The van der Waals surface area contributed by atoms with E-state index in [4.69, 9.17) is 10.5 Å². The zero-order valence-electron chi connectivity index (χ0n) is 17.6. The van der Waals surface area contributed by atoms with Gasteiger partial charge >= 0.3 is 6.18 Å². The minimum absolute atomic E-state index is 0.121. The second-order valence-corrected chi connectivity index (χ2v) is 7.75. The first kappa shape index (κ1) is 22.7. The van der Waals surface area contributed by atoms with Crippen molar-refractivity contribution in [1.29, 1.82) is 0 Å². The van der Waals surface area contributed by atoms with Crippen molar-refractivity contribution in [3.63, 3.8) is 0 Å². The Hall–Kier alpha value is -3.47. The van der Waals surface area contributed by atoms with E-state index < -0.39 is 29.5 Å². The molecule has 7 nitrogen and oxygen atoms in total. The van der Waals surface area contributed by atoms with Gasteiger partial charge in [-0.1, -0.05) is 6.07 Å². The topological polar surface area (TPSA) is 93.4 Å². The number of alkyl halides is 3. The van der Waals surface area contributed by atoms with E-state index in [0.717, 1.165) is 31.6 Å². The normalized spacial score (nSPS) is 15.2. The highest BCUT2D eigenvalue weighted by Gasteiger charge is 2.35. The second kappa shape index (κ2) is 8.81. The van der Waals surface area contributed by atoms with Crippen molar-refractivity contribution < 1.29 is 27.1 Å². The van der Waals surface area contributed by atoms with E-state index in [1.54, 1.807) is 6.07 Å². The molecule has 0 unspecified atom stereocenters. The van der Waals surface area contributed by atoms with Gasteiger partial charge in [-0.3, -0.25) is 4.79 Å². The quantitative estimate of drug-likeness (QED) is 0.519. The lowest BCUT2D eigenvalue weighted by molar-refractivity contribution is -0.140. The van der Waals surface area contributed by atoms with E-state index in [-0.39, 0.29) is 22.5 Å². The van der Waals surface area contributed by atoms with Crippen molar-refractivity contribution in [2.75, 3.05) is 32.1 Å². The number of aromatic nitrogens is 2. The van der Waals surface area contributed by atoms with Gasteiger partial charge < -0.3 is 20.7 Å². The third kappa shape index (κ3) is 4.68. The van der Waals surface area contributed by atoms with E-state index in [9.17, 15) is 22.4 Å². The van der Waals surface area contributed by atoms with Gasteiger partial charge in [0, 0.05) is 11.9 Å². The zero-order valence-corrected chi connectivity index (χ0v) is 17.6. The van der Waals surface area contributed by atoms with E-state index in [2.05, 4.69) is 20.2 Å². The molecule has 174 valence electrons. The van der Waals surface area contributed by atoms with Crippen LogP contribution in [0.2, 0.25) is 0 Å². The number of methoxy groups -OCH3 is 1. The summed E-state index contributed by atoms with van der Waals surface area (Å²) in [6.07, 6.45) is -2.61. The van der Waals surface area contributed by atoms with Crippen LogP contribution >= 0.6 is 0 Å². The molecule has 2 heterocycles. The minimum atomic E-state index is -4.83. The van der Waals surface area contributed by atoms with Gasteiger partial charge in [0.05, 0.1) is 29.8 Å². The lowest BCUT2D eigenvalue weighted by Crippen LogP contribution is -2.41. The maximum atomic E-state index is 13.9. The highest BCUT2D eigenvalue weighted by atomic mass is 19.4. The Balaban J connectivity index is 1.79. The molecule has 0 radical (unpaired) electrons. The number of nitrogens with zero attached hydrogens (tertiary/aromatic N) is 3. The third-order valence-corrected chi connectivity index (χ3v) is 5.61. The number of fused-ring (bicyclic) bond motifs is 1. The standard InChI is InChI=1S/C22H21F4N5O2/c1-33-13-8-14(20(27)32)19-15(9-13)21(29-11-28-19)30-18(10-31-5-2-6-31)12-3-4-17(23)16(7-12)22(24,25)26/h3-4,7-9,11,18H,2,5-6,10H2,1H3,(H2,27,32)(H,28,29,30)/t18-/m1/s1. The zero-order chi connectivity index (χ0) is 23.8. The summed E-state index contributed by atoms with van der Waals surface area (Å²) in [5, 5.41) is 3.58. The smallest absolute Gasteiger partial charge is 0.419 e. The van der Waals surface area contributed by atoms with E-state index >= 15 is 0 Å². The Kier molecular flexibility index (Phi) is 6.07. The summed E-state index contributed by atoms with van der Waals surface area (Å²) in [7, 11) is 1.42. The van der Waals surface area contributed by atoms with Crippen molar-refractivity contribution in [2.45, 2.75) is 18.6 Å². The predicted octanol–water partition coefficient (Wildman–Crippen LogP) is 3.75. The number of halogens is 4. The Labute approximate surface area is 186 Å². The van der Waals surface area contributed by atoms with Gasteiger partial charge in [-0.2, -0.15) is 13.2 Å². The largest absolute Gasteiger partial charge is 0.497 e. The van der Waals surface area contributed by atoms with Crippen molar-refractivity contribution in [1.82, 2.24) is 14.9 Å². The molecule has 1 fully saturated rings. The lowest BCUT2D eigenvalue weighted by Gasteiger charge is -2.35. The van der Waals surface area contributed by atoms with Crippen molar-refractivity contribution in [3.8, 4) is 5.75 Å². The first-order chi connectivity index (χ1) is 15.7. The number of rotatable bonds is 7. The molecule has 11 heteroatoms. The summed E-state index contributed by atoms with van der Waals surface area (Å²) in [4.78, 5) is 22.4. The molecule has 0 bridgehead atoms. The monoisotopic (exact) mass is 463 g/mol. The van der Waals surface area contributed by atoms with Gasteiger partial charge in [-0.05, 0) is 49.3 Å². The number of anilines is 1. The predicted molar refractivity (Wildman–Crippen MR) is 113 cm³/mol. The first-order valence-electron chi connectivity index (χ1n) is 10.2. The molecule has 3 aromatic rings. The number of nitrogens with two attached hydrogens (primary N) is 1. The fourth-order valence-electron chi connectivity index (χ4n) is 3.76. The molecule has 1 aliphatic heterocycles. The Morgan fingerprint density at radius 2 is 2.00 bits per heavy atom. The molecule has 1 aromatic heterocycles. The minimum Gasteiger partial charge on any atom is -0.497 e. The fourth-order valence-corrected chi connectivity index (χ4v) is 3.76.